The molecule has 0 fully saturated rings. The Kier molecular flexibility index (Phi) is 7.61. The fraction of sp³-hybridized carbons (Fsp3) is 0.200. The molecule has 1 unspecified atom stereocenters. The zero-order valence-corrected chi connectivity index (χ0v) is 20.7. The van der Waals surface area contributed by atoms with Crippen LogP contribution < -0.4 is 50.7 Å². The van der Waals surface area contributed by atoms with Gasteiger partial charge >= 0.3 is 35.3 Å². The Balaban J connectivity index is 0.00000289. The molecule has 1 atom stereocenters. The second-order valence-electron chi connectivity index (χ2n) is 7.58. The molecule has 0 aliphatic carbocycles. The van der Waals surface area contributed by atoms with Crippen LogP contribution in [-0.4, -0.2) is 4.74 Å². The molecular formula is C25H23N2NaO4. The van der Waals surface area contributed by atoms with E-state index in [1.807, 2.05) is 31.2 Å². The van der Waals surface area contributed by atoms with Gasteiger partial charge < -0.3 is 14.2 Å². The van der Waals surface area contributed by atoms with Gasteiger partial charge in [0.2, 0.25) is 0 Å². The van der Waals surface area contributed by atoms with Gasteiger partial charge in [-0.1, -0.05) is 48.5 Å². The van der Waals surface area contributed by atoms with Crippen molar-refractivity contribution in [2.24, 2.45) is 0 Å². The molecule has 0 spiro atoms. The van der Waals surface area contributed by atoms with Gasteiger partial charge in [0.25, 0.3) is 0 Å². The number of nitrogens with zero attached hydrogens (tertiary/aromatic N) is 2. The van der Waals surface area contributed by atoms with Crippen LogP contribution in [0.25, 0.3) is 11.1 Å². The SMILES string of the molecule is Cc1cccc(C)c1-c1cccc(C(C)Oc2ccc(Cn3oc(=O)[n-]c3=O)cc2)c1.[Na+]. The molecule has 0 aliphatic heterocycles. The third-order valence-electron chi connectivity index (χ3n) is 5.28. The normalized spacial score (nSPS) is 11.6. The summed E-state index contributed by atoms with van der Waals surface area (Å²) < 4.78 is 11.8. The van der Waals surface area contributed by atoms with Crippen LogP contribution in [0.4, 0.5) is 0 Å². The number of benzene rings is 3. The molecule has 1 aromatic heterocycles. The van der Waals surface area contributed by atoms with Crippen molar-refractivity contribution < 1.29 is 38.8 Å². The predicted octanol–water partition coefficient (Wildman–Crippen LogP) is 1.23. The largest absolute Gasteiger partial charge is 1.00 e. The molecule has 0 N–H and O–H groups in total. The van der Waals surface area contributed by atoms with Crippen LogP contribution in [0.1, 0.15) is 35.3 Å². The third kappa shape index (κ3) is 5.33. The van der Waals surface area contributed by atoms with Crippen LogP contribution in [0.2, 0.25) is 0 Å². The Bertz CT molecular complexity index is 1300. The molecule has 158 valence electrons. The summed E-state index contributed by atoms with van der Waals surface area (Å²) in [5, 5.41) is 0. The summed E-state index contributed by atoms with van der Waals surface area (Å²) in [7, 11) is 0. The van der Waals surface area contributed by atoms with Crippen molar-refractivity contribution in [3.05, 3.63) is 110 Å². The van der Waals surface area contributed by atoms with Gasteiger partial charge in [-0.2, -0.15) is 0 Å². The molecule has 4 aromatic rings. The molecule has 6 nitrogen and oxygen atoms in total. The second-order valence-corrected chi connectivity index (χ2v) is 7.58. The Morgan fingerprint density at radius 3 is 2.25 bits per heavy atom. The summed E-state index contributed by atoms with van der Waals surface area (Å²) in [6.07, 6.45) is -0.143. The maximum Gasteiger partial charge on any atom is 1.00 e. The summed E-state index contributed by atoms with van der Waals surface area (Å²) in [5.41, 5.74) is 6.12. The van der Waals surface area contributed by atoms with Crippen LogP contribution in [0, 0.1) is 13.8 Å². The van der Waals surface area contributed by atoms with E-state index in [-0.39, 0.29) is 42.2 Å². The quantitative estimate of drug-likeness (QED) is 0.424. The van der Waals surface area contributed by atoms with Gasteiger partial charge in [0, 0.05) is 6.54 Å². The van der Waals surface area contributed by atoms with Crippen LogP contribution in [-0.2, 0) is 6.54 Å². The first-order valence-electron chi connectivity index (χ1n) is 10.1. The maximum atomic E-state index is 11.5. The van der Waals surface area contributed by atoms with Gasteiger partial charge in [0.15, 0.2) is 5.69 Å². The van der Waals surface area contributed by atoms with Gasteiger partial charge in [-0.15, -0.1) is 0 Å². The van der Waals surface area contributed by atoms with E-state index in [0.717, 1.165) is 15.9 Å². The van der Waals surface area contributed by atoms with Crippen LogP contribution in [0.5, 0.6) is 5.75 Å². The Labute approximate surface area is 208 Å². The van der Waals surface area contributed by atoms with Crippen LogP contribution in [0.3, 0.4) is 0 Å². The van der Waals surface area contributed by atoms with E-state index in [1.165, 1.54) is 22.3 Å². The minimum Gasteiger partial charge on any atom is -0.486 e. The average Bonchev–Trinajstić information content (AvgIpc) is 3.06. The van der Waals surface area contributed by atoms with Crippen molar-refractivity contribution in [2.45, 2.75) is 33.4 Å². The van der Waals surface area contributed by atoms with Crippen LogP contribution in [0.15, 0.2) is 80.8 Å². The summed E-state index contributed by atoms with van der Waals surface area (Å²) in [4.78, 5) is 25.8. The van der Waals surface area contributed by atoms with E-state index in [0.29, 0.717) is 5.75 Å². The third-order valence-corrected chi connectivity index (χ3v) is 5.28. The molecule has 3 aromatic carbocycles. The van der Waals surface area contributed by atoms with Crippen molar-refractivity contribution in [3.63, 3.8) is 0 Å². The van der Waals surface area contributed by atoms with Crippen molar-refractivity contribution in [3.8, 4) is 16.9 Å². The summed E-state index contributed by atoms with van der Waals surface area (Å²) in [5.74, 6) is -0.176. The Morgan fingerprint density at radius 2 is 1.62 bits per heavy atom. The molecular weight excluding hydrogens is 415 g/mol. The van der Waals surface area contributed by atoms with Crippen molar-refractivity contribution >= 4 is 0 Å². The first-order chi connectivity index (χ1) is 14.9. The monoisotopic (exact) mass is 438 g/mol. The summed E-state index contributed by atoms with van der Waals surface area (Å²) >= 11 is 0. The minimum atomic E-state index is -0.887. The van der Waals surface area contributed by atoms with E-state index < -0.39 is 11.4 Å². The minimum absolute atomic E-state index is 0. The van der Waals surface area contributed by atoms with Gasteiger partial charge in [-0.25, -0.2) is 4.79 Å². The van der Waals surface area contributed by atoms with Gasteiger partial charge in [-0.3, -0.25) is 9.53 Å². The number of rotatable bonds is 6. The molecule has 0 saturated carbocycles. The Hall–Kier alpha value is -2.80. The standard InChI is InChI=1S/C25H24N2O4.Na/c1-16-6-4-7-17(2)23(16)21-9-5-8-20(14-21)18(3)30-22-12-10-19(11-13-22)15-27-24(28)26-25(29)31-27;/h4-14,18H,15H2,1-3H3,(H,26,28,29);/q;+1/p-1. The molecule has 0 amide bonds. The molecule has 1 heterocycles. The molecule has 0 bridgehead atoms. The van der Waals surface area contributed by atoms with Crippen molar-refractivity contribution in [1.29, 1.82) is 0 Å². The van der Waals surface area contributed by atoms with E-state index in [4.69, 9.17) is 9.26 Å². The molecule has 0 saturated heterocycles. The van der Waals surface area contributed by atoms with E-state index in [1.54, 1.807) is 0 Å². The fourth-order valence-corrected chi connectivity index (χ4v) is 3.72. The predicted molar refractivity (Wildman–Crippen MR) is 118 cm³/mol. The smallest absolute Gasteiger partial charge is 0.486 e. The first-order valence-corrected chi connectivity index (χ1v) is 10.1. The van der Waals surface area contributed by atoms with Gasteiger partial charge in [0.1, 0.15) is 11.9 Å². The van der Waals surface area contributed by atoms with E-state index in [2.05, 4.69) is 61.3 Å². The fourth-order valence-electron chi connectivity index (χ4n) is 3.72. The zero-order valence-electron chi connectivity index (χ0n) is 18.7. The number of aryl methyl sites for hydroxylation is 2. The molecule has 32 heavy (non-hydrogen) atoms. The van der Waals surface area contributed by atoms with Crippen molar-refractivity contribution in [2.75, 3.05) is 0 Å². The number of ether oxygens (including phenoxy) is 1. The van der Waals surface area contributed by atoms with E-state index >= 15 is 0 Å². The van der Waals surface area contributed by atoms with Crippen LogP contribution >= 0.6 is 0 Å². The molecule has 7 heteroatoms. The maximum absolute atomic E-state index is 11.5. The molecule has 4 rings (SSSR count). The summed E-state index contributed by atoms with van der Waals surface area (Å²) in [6.45, 7) is 6.41. The number of hydrogen-bond donors (Lipinski definition) is 0. The van der Waals surface area contributed by atoms with Gasteiger partial charge in [0.05, 0.1) is 0 Å². The Morgan fingerprint density at radius 1 is 0.969 bits per heavy atom. The zero-order chi connectivity index (χ0) is 22.0. The average molecular weight is 438 g/mol. The number of hydrogen-bond acceptors (Lipinski definition) is 4. The first kappa shape index (κ1) is 23.9. The molecule has 0 aliphatic rings. The van der Waals surface area contributed by atoms with Gasteiger partial charge in [-0.05, 0) is 72.4 Å². The summed E-state index contributed by atoms with van der Waals surface area (Å²) in [6, 6.07) is 22.1. The van der Waals surface area contributed by atoms with E-state index in [9.17, 15) is 9.59 Å². The molecule has 0 radical (unpaired) electrons. The number of aromatic nitrogens is 2. The van der Waals surface area contributed by atoms with Crippen molar-refractivity contribution in [1.82, 2.24) is 9.72 Å². The topological polar surface area (TPSA) is 75.5 Å². The second kappa shape index (κ2) is 10.2.